The minimum Gasteiger partial charge on any atom is -0.495 e. The Morgan fingerprint density at radius 2 is 1.64 bits per heavy atom. The van der Waals surface area contributed by atoms with Gasteiger partial charge in [0.2, 0.25) is 5.91 Å². The lowest BCUT2D eigenvalue weighted by molar-refractivity contribution is -0.119. The van der Waals surface area contributed by atoms with Gasteiger partial charge in [0.1, 0.15) is 18.0 Å². The fourth-order valence-corrected chi connectivity index (χ4v) is 4.66. The number of hydrogen-bond donors (Lipinski definition) is 1. The molecule has 0 aliphatic carbocycles. The molecule has 3 aromatic rings. The summed E-state index contributed by atoms with van der Waals surface area (Å²) in [6, 6.07) is 20.6. The van der Waals surface area contributed by atoms with E-state index in [0.29, 0.717) is 12.4 Å². The highest BCUT2D eigenvalue weighted by Crippen LogP contribution is 2.32. The van der Waals surface area contributed by atoms with Crippen molar-refractivity contribution in [3.8, 4) is 11.5 Å². The van der Waals surface area contributed by atoms with Crippen molar-refractivity contribution in [2.24, 2.45) is 0 Å². The fraction of sp³-hybridized carbons (Fsp3) is 0.240. The summed E-state index contributed by atoms with van der Waals surface area (Å²) in [6.07, 6.45) is 0. The number of amides is 1. The van der Waals surface area contributed by atoms with Gasteiger partial charge in [0.15, 0.2) is 0 Å². The normalized spacial score (nSPS) is 11.0. The first kappa shape index (κ1) is 24.1. The molecule has 33 heavy (non-hydrogen) atoms. The molecule has 1 amide bonds. The number of hydrogen-bond acceptors (Lipinski definition) is 5. The van der Waals surface area contributed by atoms with Crippen LogP contribution in [0.15, 0.2) is 77.7 Å². The summed E-state index contributed by atoms with van der Waals surface area (Å²) in [5.41, 5.74) is 2.10. The first-order chi connectivity index (χ1) is 15.8. The van der Waals surface area contributed by atoms with Gasteiger partial charge in [0.05, 0.1) is 24.3 Å². The van der Waals surface area contributed by atoms with E-state index in [2.05, 4.69) is 5.32 Å². The van der Waals surface area contributed by atoms with Crippen molar-refractivity contribution < 1.29 is 22.7 Å². The Morgan fingerprint density at radius 1 is 0.970 bits per heavy atom. The Balaban J connectivity index is 1.83. The molecule has 0 saturated carbocycles. The minimum absolute atomic E-state index is 0.0957. The number of nitrogens with zero attached hydrogens (tertiary/aromatic N) is 1. The number of carbonyl (C=O) groups is 1. The third-order valence-electron chi connectivity index (χ3n) is 4.97. The van der Waals surface area contributed by atoms with Gasteiger partial charge in [0, 0.05) is 6.54 Å². The van der Waals surface area contributed by atoms with Crippen LogP contribution in [0.1, 0.15) is 18.1 Å². The van der Waals surface area contributed by atoms with Crippen molar-refractivity contribution in [1.29, 1.82) is 0 Å². The largest absolute Gasteiger partial charge is 0.495 e. The number of ether oxygens (including phenoxy) is 2. The highest BCUT2D eigenvalue weighted by molar-refractivity contribution is 7.92. The average Bonchev–Trinajstić information content (AvgIpc) is 2.82. The maximum absolute atomic E-state index is 13.5. The third-order valence-corrected chi connectivity index (χ3v) is 6.75. The van der Waals surface area contributed by atoms with Gasteiger partial charge in [-0.15, -0.1) is 0 Å². The van der Waals surface area contributed by atoms with Crippen LogP contribution in [-0.2, 0) is 21.4 Å². The second kappa shape index (κ2) is 10.9. The number of methoxy groups -OCH3 is 1. The second-order valence-corrected chi connectivity index (χ2v) is 9.21. The van der Waals surface area contributed by atoms with Gasteiger partial charge in [-0.05, 0) is 55.8 Å². The Labute approximate surface area is 195 Å². The molecular formula is C25H28N2O5S. The molecule has 0 aliphatic heterocycles. The van der Waals surface area contributed by atoms with Crippen LogP contribution in [0, 0.1) is 6.92 Å². The fourth-order valence-electron chi connectivity index (χ4n) is 3.23. The van der Waals surface area contributed by atoms with E-state index in [-0.39, 0.29) is 17.1 Å². The summed E-state index contributed by atoms with van der Waals surface area (Å²) >= 11 is 0. The molecule has 174 valence electrons. The van der Waals surface area contributed by atoms with E-state index in [0.717, 1.165) is 21.2 Å². The van der Waals surface area contributed by atoms with Crippen molar-refractivity contribution in [2.75, 3.05) is 24.6 Å². The summed E-state index contributed by atoms with van der Waals surface area (Å²) in [7, 11) is -2.56. The molecule has 0 radical (unpaired) electrons. The smallest absolute Gasteiger partial charge is 0.264 e. The lowest BCUT2D eigenvalue weighted by Gasteiger charge is -2.25. The summed E-state index contributed by atoms with van der Waals surface area (Å²) in [5, 5.41) is 2.79. The van der Waals surface area contributed by atoms with Crippen molar-refractivity contribution >= 4 is 21.6 Å². The van der Waals surface area contributed by atoms with Crippen LogP contribution in [0.3, 0.4) is 0 Å². The number of sulfonamides is 1. The zero-order chi connectivity index (χ0) is 23.8. The van der Waals surface area contributed by atoms with Crippen LogP contribution in [0.4, 0.5) is 5.69 Å². The molecule has 0 aliphatic rings. The summed E-state index contributed by atoms with van der Waals surface area (Å²) < 4.78 is 38.9. The molecule has 8 heteroatoms. The van der Waals surface area contributed by atoms with Crippen molar-refractivity contribution in [1.82, 2.24) is 5.32 Å². The molecular weight excluding hydrogens is 440 g/mol. The number of para-hydroxylation sites is 2. The second-order valence-electron chi connectivity index (χ2n) is 7.35. The van der Waals surface area contributed by atoms with Crippen LogP contribution in [0.5, 0.6) is 11.5 Å². The zero-order valence-electron chi connectivity index (χ0n) is 18.9. The van der Waals surface area contributed by atoms with E-state index in [1.165, 1.54) is 19.2 Å². The number of anilines is 1. The summed E-state index contributed by atoms with van der Waals surface area (Å²) in [4.78, 5) is 12.9. The lowest BCUT2D eigenvalue weighted by atomic mass is 10.2. The summed E-state index contributed by atoms with van der Waals surface area (Å²) in [5.74, 6) is 0.664. The molecule has 3 aromatic carbocycles. The van der Waals surface area contributed by atoms with Gasteiger partial charge >= 0.3 is 0 Å². The minimum atomic E-state index is -4.02. The maximum atomic E-state index is 13.5. The Kier molecular flexibility index (Phi) is 7.95. The van der Waals surface area contributed by atoms with Gasteiger partial charge in [-0.3, -0.25) is 9.10 Å². The predicted molar refractivity (Wildman–Crippen MR) is 128 cm³/mol. The molecule has 3 rings (SSSR count). The maximum Gasteiger partial charge on any atom is 0.264 e. The summed E-state index contributed by atoms with van der Waals surface area (Å²) in [6.45, 7) is 4.22. The van der Waals surface area contributed by atoms with Gasteiger partial charge in [-0.2, -0.15) is 0 Å². The quantitative estimate of drug-likeness (QED) is 0.488. The molecule has 0 saturated heterocycles. The van der Waals surface area contributed by atoms with Gasteiger partial charge in [-0.1, -0.05) is 42.0 Å². The molecule has 0 atom stereocenters. The van der Waals surface area contributed by atoms with Crippen molar-refractivity contribution in [3.63, 3.8) is 0 Å². The van der Waals surface area contributed by atoms with Crippen LogP contribution >= 0.6 is 0 Å². The average molecular weight is 469 g/mol. The van der Waals surface area contributed by atoms with E-state index in [4.69, 9.17) is 9.47 Å². The monoisotopic (exact) mass is 468 g/mol. The van der Waals surface area contributed by atoms with Gasteiger partial charge in [0.25, 0.3) is 10.0 Å². The molecule has 1 N–H and O–H groups in total. The number of benzene rings is 3. The number of aryl methyl sites for hydroxylation is 1. The highest BCUT2D eigenvalue weighted by Gasteiger charge is 2.29. The SMILES string of the molecule is CCOc1ccc(CNC(=O)CN(c2ccccc2OC)S(=O)(=O)c2ccc(C)cc2)cc1. The first-order valence-electron chi connectivity index (χ1n) is 10.6. The van der Waals surface area contributed by atoms with E-state index >= 15 is 0 Å². The van der Waals surface area contributed by atoms with Gasteiger partial charge < -0.3 is 14.8 Å². The Bertz CT molecular complexity index is 1180. The van der Waals surface area contributed by atoms with Crippen LogP contribution < -0.4 is 19.1 Å². The first-order valence-corrected chi connectivity index (χ1v) is 12.0. The highest BCUT2D eigenvalue weighted by atomic mass is 32.2. The van der Waals surface area contributed by atoms with E-state index in [1.54, 1.807) is 36.4 Å². The van der Waals surface area contributed by atoms with Crippen molar-refractivity contribution in [2.45, 2.75) is 25.3 Å². The van der Waals surface area contributed by atoms with Crippen LogP contribution in [0.2, 0.25) is 0 Å². The van der Waals surface area contributed by atoms with Crippen molar-refractivity contribution in [3.05, 3.63) is 83.9 Å². The van der Waals surface area contributed by atoms with E-state index in [9.17, 15) is 13.2 Å². The van der Waals surface area contributed by atoms with Gasteiger partial charge in [-0.25, -0.2) is 8.42 Å². The number of rotatable bonds is 10. The van der Waals surface area contributed by atoms with E-state index in [1.807, 2.05) is 38.1 Å². The zero-order valence-corrected chi connectivity index (χ0v) is 19.8. The standard InChI is InChI=1S/C25H28N2O5S/c1-4-32-21-13-11-20(12-14-21)17-26-25(28)18-27(23-7-5-6-8-24(23)31-3)33(29,30)22-15-9-19(2)10-16-22/h5-16H,4,17-18H2,1-3H3,(H,26,28). The molecule has 0 heterocycles. The number of carbonyl (C=O) groups excluding carboxylic acids is 1. The Morgan fingerprint density at radius 3 is 2.27 bits per heavy atom. The topological polar surface area (TPSA) is 84.9 Å². The molecule has 0 aromatic heterocycles. The van der Waals surface area contributed by atoms with Crippen LogP contribution in [0.25, 0.3) is 0 Å². The molecule has 7 nitrogen and oxygen atoms in total. The van der Waals surface area contributed by atoms with Crippen LogP contribution in [-0.4, -0.2) is 34.6 Å². The predicted octanol–water partition coefficient (Wildman–Crippen LogP) is 3.91. The molecule has 0 fully saturated rings. The molecule has 0 spiro atoms. The third kappa shape index (κ3) is 6.04. The lowest BCUT2D eigenvalue weighted by Crippen LogP contribution is -2.40. The Hall–Kier alpha value is -3.52. The molecule has 0 bridgehead atoms. The molecule has 0 unspecified atom stereocenters. The van der Waals surface area contributed by atoms with E-state index < -0.39 is 22.5 Å². The number of nitrogens with one attached hydrogen (secondary N) is 1.